The molecule has 0 spiro atoms. The molecule has 0 fully saturated rings. The molecule has 7 heteroatoms. The van der Waals surface area contributed by atoms with Crippen molar-refractivity contribution in [3.8, 4) is 5.75 Å². The van der Waals surface area contributed by atoms with Gasteiger partial charge in [-0.25, -0.2) is 0 Å². The van der Waals surface area contributed by atoms with Crippen molar-refractivity contribution < 1.29 is 19.2 Å². The normalized spacial score (nSPS) is 10.6. The van der Waals surface area contributed by atoms with Gasteiger partial charge in [0, 0.05) is 28.3 Å². The number of para-hydroxylation sites is 1. The van der Waals surface area contributed by atoms with Gasteiger partial charge in [-0.05, 0) is 25.1 Å². The fourth-order valence-electron chi connectivity index (χ4n) is 2.90. The van der Waals surface area contributed by atoms with Crippen LogP contribution in [0, 0.1) is 17.0 Å². The van der Waals surface area contributed by atoms with Gasteiger partial charge in [-0.2, -0.15) is 0 Å². The minimum atomic E-state index is -0.604. The van der Waals surface area contributed by atoms with Gasteiger partial charge in [0.25, 0.3) is 5.91 Å². The maximum Gasteiger partial charge on any atom is 0.311 e. The van der Waals surface area contributed by atoms with Crippen LogP contribution in [0.15, 0.2) is 42.5 Å². The Hall–Kier alpha value is -3.48. The quantitative estimate of drug-likeness (QED) is 0.413. The van der Waals surface area contributed by atoms with E-state index in [0.717, 1.165) is 0 Å². The zero-order valence-corrected chi connectivity index (χ0v) is 13.6. The molecule has 0 N–H and O–H groups in total. The fourth-order valence-corrected chi connectivity index (χ4v) is 2.90. The van der Waals surface area contributed by atoms with Gasteiger partial charge in [-0.1, -0.05) is 18.2 Å². The van der Waals surface area contributed by atoms with Crippen LogP contribution >= 0.6 is 0 Å². The number of fused-ring (bicyclic) bond motifs is 1. The summed E-state index contributed by atoms with van der Waals surface area (Å²) in [5.41, 5.74) is 1.32. The molecular weight excluding hydrogens is 324 g/mol. The van der Waals surface area contributed by atoms with E-state index in [1.807, 2.05) is 0 Å². The molecule has 126 valence electrons. The summed E-state index contributed by atoms with van der Waals surface area (Å²) < 4.78 is 6.35. The number of hydrogen-bond acceptors (Lipinski definition) is 5. The van der Waals surface area contributed by atoms with E-state index in [4.69, 9.17) is 4.74 Å². The maximum absolute atomic E-state index is 13.0. The van der Waals surface area contributed by atoms with Crippen molar-refractivity contribution >= 4 is 28.8 Å². The summed E-state index contributed by atoms with van der Waals surface area (Å²) in [5, 5.41) is 11.8. The van der Waals surface area contributed by atoms with Crippen LogP contribution in [0.5, 0.6) is 5.75 Å². The van der Waals surface area contributed by atoms with Crippen LogP contribution in [0.25, 0.3) is 10.9 Å². The topological polar surface area (TPSA) is 91.4 Å². The number of aldehydes is 1. The van der Waals surface area contributed by atoms with Crippen molar-refractivity contribution in [2.24, 2.45) is 0 Å². The van der Waals surface area contributed by atoms with Crippen molar-refractivity contribution in [3.63, 3.8) is 0 Å². The molecule has 3 rings (SSSR count). The third-order valence-electron chi connectivity index (χ3n) is 4.10. The number of ether oxygens (including phenoxy) is 1. The van der Waals surface area contributed by atoms with Gasteiger partial charge >= 0.3 is 5.69 Å². The average molecular weight is 338 g/mol. The first kappa shape index (κ1) is 16.4. The van der Waals surface area contributed by atoms with E-state index in [2.05, 4.69) is 0 Å². The van der Waals surface area contributed by atoms with Crippen molar-refractivity contribution in [2.45, 2.75) is 6.92 Å². The number of methoxy groups -OCH3 is 1. The van der Waals surface area contributed by atoms with Crippen molar-refractivity contribution in [1.29, 1.82) is 0 Å². The first-order valence-electron chi connectivity index (χ1n) is 7.42. The molecule has 1 aromatic heterocycles. The Morgan fingerprint density at radius 3 is 2.60 bits per heavy atom. The van der Waals surface area contributed by atoms with E-state index in [9.17, 15) is 19.7 Å². The molecule has 7 nitrogen and oxygen atoms in total. The predicted octanol–water partition coefficient (Wildman–Crippen LogP) is 3.37. The van der Waals surface area contributed by atoms with Crippen LogP contribution in [0.4, 0.5) is 5.69 Å². The van der Waals surface area contributed by atoms with E-state index >= 15 is 0 Å². The molecule has 0 bridgehead atoms. The predicted molar refractivity (Wildman–Crippen MR) is 91.4 cm³/mol. The second-order valence-electron chi connectivity index (χ2n) is 5.42. The van der Waals surface area contributed by atoms with E-state index in [-0.39, 0.29) is 17.0 Å². The zero-order valence-electron chi connectivity index (χ0n) is 13.6. The fraction of sp³-hybridized carbons (Fsp3) is 0.111. The molecule has 0 saturated carbocycles. The Labute approximate surface area is 142 Å². The Kier molecular flexibility index (Phi) is 4.06. The number of aromatic nitrogens is 1. The summed E-state index contributed by atoms with van der Waals surface area (Å²) >= 11 is 0. The van der Waals surface area contributed by atoms with Gasteiger partial charge in [0.05, 0.1) is 17.5 Å². The number of nitro benzene ring substituents is 1. The molecule has 0 unspecified atom stereocenters. The summed E-state index contributed by atoms with van der Waals surface area (Å²) in [6.07, 6.45) is 0.706. The van der Waals surface area contributed by atoms with Crippen LogP contribution in [-0.2, 0) is 0 Å². The van der Waals surface area contributed by atoms with Gasteiger partial charge < -0.3 is 4.74 Å². The first-order valence-corrected chi connectivity index (χ1v) is 7.42. The van der Waals surface area contributed by atoms with Gasteiger partial charge in [0.1, 0.15) is 0 Å². The highest BCUT2D eigenvalue weighted by Gasteiger charge is 2.23. The highest BCUT2D eigenvalue weighted by Crippen LogP contribution is 2.30. The number of carbonyl (C=O) groups excluding carboxylic acids is 2. The van der Waals surface area contributed by atoms with Gasteiger partial charge in [-0.15, -0.1) is 0 Å². The third kappa shape index (κ3) is 2.55. The van der Waals surface area contributed by atoms with E-state index in [1.165, 1.54) is 29.9 Å². The van der Waals surface area contributed by atoms with Crippen molar-refractivity contribution in [1.82, 2.24) is 4.57 Å². The van der Waals surface area contributed by atoms with Gasteiger partial charge in [0.15, 0.2) is 12.0 Å². The number of hydrogen-bond donors (Lipinski definition) is 0. The average Bonchev–Trinajstić information content (AvgIpc) is 2.91. The zero-order chi connectivity index (χ0) is 18.1. The molecule has 0 amide bonds. The Bertz CT molecular complexity index is 1020. The molecule has 0 atom stereocenters. The molecular formula is C18H14N2O5. The van der Waals surface area contributed by atoms with Crippen LogP contribution in [0.2, 0.25) is 0 Å². The molecule has 0 radical (unpaired) electrons. The lowest BCUT2D eigenvalue weighted by Gasteiger charge is -2.08. The highest BCUT2D eigenvalue weighted by atomic mass is 16.6. The van der Waals surface area contributed by atoms with E-state index < -0.39 is 10.8 Å². The number of nitro groups is 1. The van der Waals surface area contributed by atoms with E-state index in [0.29, 0.717) is 28.4 Å². The van der Waals surface area contributed by atoms with E-state index in [1.54, 1.807) is 31.2 Å². The second kappa shape index (κ2) is 6.20. The second-order valence-corrected chi connectivity index (χ2v) is 5.42. The Morgan fingerprint density at radius 1 is 1.24 bits per heavy atom. The molecule has 1 heterocycles. The summed E-state index contributed by atoms with van der Waals surface area (Å²) in [4.78, 5) is 35.0. The minimum absolute atomic E-state index is 0.0733. The number of carbonyl (C=O) groups is 2. The van der Waals surface area contributed by atoms with Crippen molar-refractivity contribution in [2.75, 3.05) is 7.11 Å². The largest absolute Gasteiger partial charge is 0.490 e. The molecule has 0 aliphatic rings. The molecule has 25 heavy (non-hydrogen) atoms. The number of nitrogens with zero attached hydrogens (tertiary/aromatic N) is 2. The SMILES string of the molecule is COc1ccc(C(=O)n2c(C)c(C=O)c3ccccc32)cc1[N+](=O)[O-]. The maximum atomic E-state index is 13.0. The lowest BCUT2D eigenvalue weighted by molar-refractivity contribution is -0.385. The molecule has 0 aliphatic carbocycles. The molecule has 2 aromatic carbocycles. The summed E-state index contributed by atoms with van der Waals surface area (Å²) in [7, 11) is 1.32. The lowest BCUT2D eigenvalue weighted by Crippen LogP contribution is -2.14. The monoisotopic (exact) mass is 338 g/mol. The standard InChI is InChI=1S/C18H14N2O5/c1-11-14(10-21)13-5-3-4-6-15(13)19(11)18(22)12-7-8-17(25-2)16(9-12)20(23)24/h3-10H,1-2H3. The van der Waals surface area contributed by atoms with Crippen LogP contribution in [-0.4, -0.2) is 28.8 Å². The smallest absolute Gasteiger partial charge is 0.311 e. The van der Waals surface area contributed by atoms with Crippen LogP contribution < -0.4 is 4.74 Å². The number of benzene rings is 2. The summed E-state index contributed by atoms with van der Waals surface area (Å²) in [5.74, 6) is -0.378. The first-order chi connectivity index (χ1) is 12.0. The van der Waals surface area contributed by atoms with Gasteiger partial charge in [0.2, 0.25) is 0 Å². The molecule has 0 aliphatic heterocycles. The van der Waals surface area contributed by atoms with Crippen LogP contribution in [0.3, 0.4) is 0 Å². The summed E-state index contributed by atoms with van der Waals surface area (Å²) in [6.45, 7) is 1.67. The summed E-state index contributed by atoms with van der Waals surface area (Å²) in [6, 6.07) is 11.0. The number of rotatable bonds is 4. The Balaban J connectivity index is 2.22. The minimum Gasteiger partial charge on any atom is -0.490 e. The lowest BCUT2D eigenvalue weighted by atomic mass is 10.1. The highest BCUT2D eigenvalue weighted by molar-refractivity contribution is 6.08. The third-order valence-corrected chi connectivity index (χ3v) is 4.10. The van der Waals surface area contributed by atoms with Gasteiger partial charge in [-0.3, -0.25) is 24.3 Å². The van der Waals surface area contributed by atoms with Crippen LogP contribution in [0.1, 0.15) is 26.4 Å². The molecule has 3 aromatic rings. The molecule has 0 saturated heterocycles. The van der Waals surface area contributed by atoms with Crippen molar-refractivity contribution in [3.05, 3.63) is 69.4 Å². The Morgan fingerprint density at radius 2 is 1.96 bits per heavy atom.